The van der Waals surface area contributed by atoms with E-state index >= 15 is 0 Å². The van der Waals surface area contributed by atoms with Gasteiger partial charge in [0.15, 0.2) is 17.3 Å². The Bertz CT molecular complexity index is 981. The molecular weight excluding hydrogens is 356 g/mol. The lowest BCUT2D eigenvalue weighted by molar-refractivity contribution is 0.103. The smallest absolute Gasteiger partial charge is 0.203 e. The Hall–Kier alpha value is -3.47. The minimum Gasteiger partial charge on any atom is -0.508 e. The SMILES string of the molecule is COc1cc(C(=O)c2cc(-c3ccc(O)cc3)ccc2C)cc(OC)c1OC. The summed E-state index contributed by atoms with van der Waals surface area (Å²) in [7, 11) is 4.55. The Morgan fingerprint density at radius 2 is 1.36 bits per heavy atom. The molecule has 0 amide bonds. The number of carbonyl (C=O) groups excluding carboxylic acids is 1. The number of phenols is 1. The topological polar surface area (TPSA) is 65.0 Å². The summed E-state index contributed by atoms with van der Waals surface area (Å²) in [6.07, 6.45) is 0. The van der Waals surface area contributed by atoms with E-state index in [0.29, 0.717) is 28.4 Å². The van der Waals surface area contributed by atoms with Crippen LogP contribution in [0.1, 0.15) is 21.5 Å². The lowest BCUT2D eigenvalue weighted by Gasteiger charge is -2.14. The standard InChI is InChI=1S/C23H22O5/c1-14-5-6-16(15-7-9-18(24)10-8-15)11-19(14)22(25)17-12-20(26-2)23(28-4)21(13-17)27-3/h5-13,24H,1-4H3. The number of hydrogen-bond acceptors (Lipinski definition) is 5. The first-order chi connectivity index (χ1) is 13.5. The summed E-state index contributed by atoms with van der Waals surface area (Å²) in [6, 6.07) is 15.9. The fourth-order valence-corrected chi connectivity index (χ4v) is 3.07. The van der Waals surface area contributed by atoms with E-state index in [4.69, 9.17) is 14.2 Å². The molecule has 5 nitrogen and oxygen atoms in total. The maximum atomic E-state index is 13.2. The third kappa shape index (κ3) is 3.64. The van der Waals surface area contributed by atoms with Crippen molar-refractivity contribution in [1.82, 2.24) is 0 Å². The molecule has 3 aromatic rings. The van der Waals surface area contributed by atoms with Crippen LogP contribution in [-0.2, 0) is 0 Å². The van der Waals surface area contributed by atoms with E-state index in [1.165, 1.54) is 21.3 Å². The van der Waals surface area contributed by atoms with E-state index in [1.807, 2.05) is 37.3 Å². The summed E-state index contributed by atoms with van der Waals surface area (Å²) in [4.78, 5) is 13.2. The van der Waals surface area contributed by atoms with Crippen molar-refractivity contribution >= 4 is 5.78 Å². The van der Waals surface area contributed by atoms with E-state index in [9.17, 15) is 9.90 Å². The molecule has 0 saturated carbocycles. The summed E-state index contributed by atoms with van der Waals surface area (Å²) in [6.45, 7) is 1.89. The van der Waals surface area contributed by atoms with Crippen LogP contribution in [0.25, 0.3) is 11.1 Å². The van der Waals surface area contributed by atoms with Gasteiger partial charge >= 0.3 is 0 Å². The Morgan fingerprint density at radius 3 is 1.89 bits per heavy atom. The predicted octanol–water partition coefficient (Wildman–Crippen LogP) is 4.62. The number of aryl methyl sites for hydroxylation is 1. The maximum absolute atomic E-state index is 13.2. The van der Waals surface area contributed by atoms with Crippen LogP contribution in [0.3, 0.4) is 0 Å². The van der Waals surface area contributed by atoms with Crippen LogP contribution in [-0.4, -0.2) is 32.2 Å². The zero-order chi connectivity index (χ0) is 20.3. The first kappa shape index (κ1) is 19.3. The highest BCUT2D eigenvalue weighted by Crippen LogP contribution is 2.39. The number of benzene rings is 3. The lowest BCUT2D eigenvalue weighted by atomic mass is 9.94. The highest BCUT2D eigenvalue weighted by atomic mass is 16.5. The third-order valence-corrected chi connectivity index (χ3v) is 4.61. The van der Waals surface area contributed by atoms with Crippen molar-refractivity contribution in [1.29, 1.82) is 0 Å². The number of aromatic hydroxyl groups is 1. The molecule has 3 aromatic carbocycles. The maximum Gasteiger partial charge on any atom is 0.203 e. The number of ether oxygens (including phenoxy) is 3. The average Bonchev–Trinajstić information content (AvgIpc) is 2.73. The highest BCUT2D eigenvalue weighted by molar-refractivity contribution is 6.11. The molecule has 0 saturated heterocycles. The van der Waals surface area contributed by atoms with Crippen molar-refractivity contribution < 1.29 is 24.1 Å². The van der Waals surface area contributed by atoms with Crippen molar-refractivity contribution in [3.05, 3.63) is 71.3 Å². The molecule has 0 aliphatic heterocycles. The second kappa shape index (κ2) is 8.05. The Balaban J connectivity index is 2.07. The number of methoxy groups -OCH3 is 3. The lowest BCUT2D eigenvalue weighted by Crippen LogP contribution is -2.06. The van der Waals surface area contributed by atoms with Crippen molar-refractivity contribution in [3.63, 3.8) is 0 Å². The number of hydrogen-bond donors (Lipinski definition) is 1. The zero-order valence-electron chi connectivity index (χ0n) is 16.3. The molecule has 0 aliphatic rings. The normalized spacial score (nSPS) is 10.4. The van der Waals surface area contributed by atoms with Gasteiger partial charge in [0.25, 0.3) is 0 Å². The molecule has 0 aromatic heterocycles. The van der Waals surface area contributed by atoms with E-state index in [1.54, 1.807) is 24.3 Å². The molecule has 0 spiro atoms. The van der Waals surface area contributed by atoms with Gasteiger partial charge in [-0.2, -0.15) is 0 Å². The van der Waals surface area contributed by atoms with Gasteiger partial charge in [0.1, 0.15) is 5.75 Å². The first-order valence-corrected chi connectivity index (χ1v) is 8.73. The molecule has 0 heterocycles. The molecule has 0 fully saturated rings. The molecule has 0 atom stereocenters. The molecule has 0 unspecified atom stereocenters. The van der Waals surface area contributed by atoms with Crippen molar-refractivity contribution in [2.24, 2.45) is 0 Å². The zero-order valence-corrected chi connectivity index (χ0v) is 16.3. The van der Waals surface area contributed by atoms with Crippen LogP contribution in [0.5, 0.6) is 23.0 Å². The Morgan fingerprint density at radius 1 is 0.786 bits per heavy atom. The summed E-state index contributed by atoms with van der Waals surface area (Å²) in [5.74, 6) is 1.35. The van der Waals surface area contributed by atoms with Gasteiger partial charge in [-0.15, -0.1) is 0 Å². The van der Waals surface area contributed by atoms with Crippen molar-refractivity contribution in [2.75, 3.05) is 21.3 Å². The number of carbonyl (C=O) groups is 1. The van der Waals surface area contributed by atoms with Gasteiger partial charge in [-0.1, -0.05) is 24.3 Å². The number of ketones is 1. The van der Waals surface area contributed by atoms with E-state index in [2.05, 4.69) is 0 Å². The number of phenolic OH excluding ortho intramolecular Hbond substituents is 1. The fourth-order valence-electron chi connectivity index (χ4n) is 3.07. The fraction of sp³-hybridized carbons (Fsp3) is 0.174. The predicted molar refractivity (Wildman–Crippen MR) is 108 cm³/mol. The second-order valence-electron chi connectivity index (χ2n) is 6.32. The van der Waals surface area contributed by atoms with Crippen LogP contribution in [0, 0.1) is 6.92 Å². The molecule has 3 rings (SSSR count). The van der Waals surface area contributed by atoms with Gasteiger partial charge in [0.05, 0.1) is 21.3 Å². The Labute approximate surface area is 164 Å². The third-order valence-electron chi connectivity index (χ3n) is 4.61. The molecule has 0 bridgehead atoms. The molecule has 0 aliphatic carbocycles. The summed E-state index contributed by atoms with van der Waals surface area (Å²) < 4.78 is 16.0. The molecular formula is C23H22O5. The van der Waals surface area contributed by atoms with Gasteiger partial charge in [-0.25, -0.2) is 0 Å². The van der Waals surface area contributed by atoms with E-state index in [0.717, 1.165) is 16.7 Å². The van der Waals surface area contributed by atoms with E-state index in [-0.39, 0.29) is 11.5 Å². The monoisotopic (exact) mass is 378 g/mol. The Kier molecular flexibility index (Phi) is 5.54. The van der Waals surface area contributed by atoms with Gasteiger partial charge in [0, 0.05) is 11.1 Å². The van der Waals surface area contributed by atoms with Gasteiger partial charge in [0.2, 0.25) is 5.75 Å². The van der Waals surface area contributed by atoms with Crippen LogP contribution in [0.2, 0.25) is 0 Å². The summed E-state index contributed by atoms with van der Waals surface area (Å²) in [5, 5.41) is 9.49. The van der Waals surface area contributed by atoms with Crippen LogP contribution < -0.4 is 14.2 Å². The molecule has 0 radical (unpaired) electrons. The largest absolute Gasteiger partial charge is 0.508 e. The molecule has 1 N–H and O–H groups in total. The van der Waals surface area contributed by atoms with E-state index < -0.39 is 0 Å². The molecule has 144 valence electrons. The van der Waals surface area contributed by atoms with Crippen LogP contribution in [0.4, 0.5) is 0 Å². The van der Waals surface area contributed by atoms with Crippen molar-refractivity contribution in [2.45, 2.75) is 6.92 Å². The second-order valence-corrected chi connectivity index (χ2v) is 6.32. The first-order valence-electron chi connectivity index (χ1n) is 8.73. The van der Waals surface area contributed by atoms with Crippen LogP contribution >= 0.6 is 0 Å². The molecule has 5 heteroatoms. The minimum atomic E-state index is -0.141. The van der Waals surface area contributed by atoms with Gasteiger partial charge in [-0.3, -0.25) is 4.79 Å². The van der Waals surface area contributed by atoms with Crippen molar-refractivity contribution in [3.8, 4) is 34.1 Å². The van der Waals surface area contributed by atoms with Gasteiger partial charge in [-0.05, 0) is 53.9 Å². The summed E-state index contributed by atoms with van der Waals surface area (Å²) in [5.41, 5.74) is 3.69. The number of rotatable bonds is 6. The summed E-state index contributed by atoms with van der Waals surface area (Å²) >= 11 is 0. The minimum absolute atomic E-state index is 0.141. The van der Waals surface area contributed by atoms with Crippen LogP contribution in [0.15, 0.2) is 54.6 Å². The highest BCUT2D eigenvalue weighted by Gasteiger charge is 2.19. The quantitative estimate of drug-likeness (QED) is 0.634. The van der Waals surface area contributed by atoms with Gasteiger partial charge < -0.3 is 19.3 Å². The average molecular weight is 378 g/mol. The molecule has 28 heavy (non-hydrogen) atoms.